The van der Waals surface area contributed by atoms with Crippen molar-refractivity contribution < 1.29 is 19.4 Å². The summed E-state index contributed by atoms with van der Waals surface area (Å²) in [4.78, 5) is 21.6. The number of carbonyl (C=O) groups excluding carboxylic acids is 1. The number of aliphatic carboxylic acids is 1. The molecule has 0 aliphatic rings. The van der Waals surface area contributed by atoms with Gasteiger partial charge in [-0.3, -0.25) is 0 Å². The number of urea groups is 1. The highest BCUT2D eigenvalue weighted by atomic mass is 16.5. The topological polar surface area (TPSA) is 87.7 Å². The van der Waals surface area contributed by atoms with E-state index >= 15 is 0 Å². The standard InChI is InChI=1S/C13H18N2O4/c1-10-4-2-3-5-11(10)8-15-13(18)14-6-7-19-9-12(16)17/h2-5H,6-9H2,1H3,(H,16,17)(H2,14,15,18). The first-order valence-electron chi connectivity index (χ1n) is 5.95. The molecule has 0 unspecified atom stereocenters. The minimum Gasteiger partial charge on any atom is -0.480 e. The SMILES string of the molecule is Cc1ccccc1CNC(=O)NCCOCC(=O)O. The highest BCUT2D eigenvalue weighted by molar-refractivity contribution is 5.73. The van der Waals surface area contributed by atoms with E-state index in [2.05, 4.69) is 10.6 Å². The van der Waals surface area contributed by atoms with Gasteiger partial charge in [-0.25, -0.2) is 9.59 Å². The van der Waals surface area contributed by atoms with E-state index in [9.17, 15) is 9.59 Å². The van der Waals surface area contributed by atoms with E-state index in [4.69, 9.17) is 9.84 Å². The van der Waals surface area contributed by atoms with Gasteiger partial charge in [0, 0.05) is 13.1 Å². The Morgan fingerprint density at radius 2 is 2.00 bits per heavy atom. The summed E-state index contributed by atoms with van der Waals surface area (Å²) in [6.45, 7) is 2.52. The molecule has 6 heteroatoms. The van der Waals surface area contributed by atoms with Crippen molar-refractivity contribution in [1.82, 2.24) is 10.6 Å². The van der Waals surface area contributed by atoms with Crippen LogP contribution in [-0.2, 0) is 16.1 Å². The van der Waals surface area contributed by atoms with E-state index in [0.717, 1.165) is 11.1 Å². The molecular formula is C13H18N2O4. The molecule has 0 saturated heterocycles. The molecule has 0 heterocycles. The van der Waals surface area contributed by atoms with Gasteiger partial charge >= 0.3 is 12.0 Å². The Balaban J connectivity index is 2.15. The van der Waals surface area contributed by atoms with Crippen LogP contribution in [0.4, 0.5) is 4.79 Å². The van der Waals surface area contributed by atoms with Gasteiger partial charge < -0.3 is 20.5 Å². The lowest BCUT2D eigenvalue weighted by atomic mass is 10.1. The number of nitrogens with one attached hydrogen (secondary N) is 2. The van der Waals surface area contributed by atoms with E-state index < -0.39 is 5.97 Å². The number of rotatable bonds is 7. The Morgan fingerprint density at radius 3 is 2.68 bits per heavy atom. The third-order valence-electron chi connectivity index (χ3n) is 2.46. The van der Waals surface area contributed by atoms with Crippen LogP contribution in [0.1, 0.15) is 11.1 Å². The number of carbonyl (C=O) groups is 2. The van der Waals surface area contributed by atoms with E-state index in [-0.39, 0.29) is 25.8 Å². The fraction of sp³-hybridized carbons (Fsp3) is 0.385. The Morgan fingerprint density at radius 1 is 1.26 bits per heavy atom. The van der Waals surface area contributed by atoms with Crippen molar-refractivity contribution in [2.24, 2.45) is 0 Å². The fourth-order valence-electron chi connectivity index (χ4n) is 1.44. The average molecular weight is 266 g/mol. The highest BCUT2D eigenvalue weighted by Crippen LogP contribution is 2.05. The molecule has 0 aromatic heterocycles. The fourth-order valence-corrected chi connectivity index (χ4v) is 1.44. The van der Waals surface area contributed by atoms with Gasteiger partial charge in [0.05, 0.1) is 6.61 Å². The largest absolute Gasteiger partial charge is 0.480 e. The van der Waals surface area contributed by atoms with Gasteiger partial charge in [-0.05, 0) is 18.1 Å². The molecule has 1 aromatic rings. The van der Waals surface area contributed by atoms with Gasteiger partial charge in [0.15, 0.2) is 0 Å². The van der Waals surface area contributed by atoms with Gasteiger partial charge in [-0.1, -0.05) is 24.3 Å². The molecule has 19 heavy (non-hydrogen) atoms. The van der Waals surface area contributed by atoms with Crippen LogP contribution in [0.2, 0.25) is 0 Å². The second-order valence-corrected chi connectivity index (χ2v) is 3.98. The van der Waals surface area contributed by atoms with Crippen molar-refractivity contribution in [3.05, 3.63) is 35.4 Å². The molecule has 0 aliphatic carbocycles. The average Bonchev–Trinajstić information content (AvgIpc) is 2.37. The first-order valence-corrected chi connectivity index (χ1v) is 5.95. The molecule has 0 bridgehead atoms. The van der Waals surface area contributed by atoms with E-state index in [0.29, 0.717) is 6.54 Å². The quantitative estimate of drug-likeness (QED) is 0.640. The number of hydrogen-bond acceptors (Lipinski definition) is 3. The van der Waals surface area contributed by atoms with Gasteiger partial charge in [0.25, 0.3) is 0 Å². The zero-order valence-electron chi connectivity index (χ0n) is 10.8. The first kappa shape index (κ1) is 15.0. The first-order chi connectivity index (χ1) is 9.09. The summed E-state index contributed by atoms with van der Waals surface area (Å²) >= 11 is 0. The van der Waals surface area contributed by atoms with Crippen LogP contribution in [0, 0.1) is 6.92 Å². The number of hydrogen-bond donors (Lipinski definition) is 3. The van der Waals surface area contributed by atoms with E-state index in [1.165, 1.54) is 0 Å². The Hall–Kier alpha value is -2.08. The molecule has 3 N–H and O–H groups in total. The molecule has 1 aromatic carbocycles. The Labute approximate surface area is 111 Å². The summed E-state index contributed by atoms with van der Waals surface area (Å²) in [6, 6.07) is 7.49. The van der Waals surface area contributed by atoms with Crippen molar-refractivity contribution in [3.8, 4) is 0 Å². The summed E-state index contributed by atoms with van der Waals surface area (Å²) in [5, 5.41) is 13.6. The third kappa shape index (κ3) is 6.42. The van der Waals surface area contributed by atoms with Crippen LogP contribution in [0.15, 0.2) is 24.3 Å². The molecule has 0 saturated carbocycles. The summed E-state index contributed by atoms with van der Waals surface area (Å²) in [6.07, 6.45) is 0. The van der Waals surface area contributed by atoms with Crippen molar-refractivity contribution in [1.29, 1.82) is 0 Å². The number of aryl methyl sites for hydroxylation is 1. The Kier molecular flexibility index (Phi) is 6.38. The molecule has 0 atom stereocenters. The van der Waals surface area contributed by atoms with Crippen LogP contribution < -0.4 is 10.6 Å². The van der Waals surface area contributed by atoms with Crippen molar-refractivity contribution >= 4 is 12.0 Å². The second-order valence-electron chi connectivity index (χ2n) is 3.98. The van der Waals surface area contributed by atoms with Crippen LogP contribution in [0.5, 0.6) is 0 Å². The van der Waals surface area contributed by atoms with Gasteiger partial charge in [0.1, 0.15) is 6.61 Å². The lowest BCUT2D eigenvalue weighted by molar-refractivity contribution is -0.142. The molecular weight excluding hydrogens is 248 g/mol. The van der Waals surface area contributed by atoms with Gasteiger partial charge in [0.2, 0.25) is 0 Å². The normalized spacial score (nSPS) is 9.95. The lowest BCUT2D eigenvalue weighted by Gasteiger charge is -2.09. The molecule has 6 nitrogen and oxygen atoms in total. The van der Waals surface area contributed by atoms with Gasteiger partial charge in [-0.2, -0.15) is 0 Å². The van der Waals surface area contributed by atoms with Crippen LogP contribution in [0.25, 0.3) is 0 Å². The predicted octanol–water partition coefficient (Wildman–Crippen LogP) is 0.895. The van der Waals surface area contributed by atoms with E-state index in [1.807, 2.05) is 31.2 Å². The van der Waals surface area contributed by atoms with Gasteiger partial charge in [-0.15, -0.1) is 0 Å². The smallest absolute Gasteiger partial charge is 0.329 e. The maximum atomic E-state index is 11.4. The van der Waals surface area contributed by atoms with Crippen molar-refractivity contribution in [2.75, 3.05) is 19.8 Å². The van der Waals surface area contributed by atoms with Crippen molar-refractivity contribution in [3.63, 3.8) is 0 Å². The lowest BCUT2D eigenvalue weighted by Crippen LogP contribution is -2.37. The number of carboxylic acid groups (broad SMARTS) is 1. The molecule has 0 aliphatic heterocycles. The molecule has 104 valence electrons. The summed E-state index contributed by atoms with van der Waals surface area (Å²) in [5.74, 6) is -1.02. The minimum absolute atomic E-state index is 0.171. The number of carboxylic acids is 1. The maximum Gasteiger partial charge on any atom is 0.329 e. The zero-order valence-corrected chi connectivity index (χ0v) is 10.8. The predicted molar refractivity (Wildman–Crippen MR) is 69.9 cm³/mol. The minimum atomic E-state index is -1.02. The van der Waals surface area contributed by atoms with Crippen LogP contribution >= 0.6 is 0 Å². The Bertz CT molecular complexity index is 434. The molecule has 2 amide bonds. The zero-order chi connectivity index (χ0) is 14.1. The number of ether oxygens (including phenoxy) is 1. The van der Waals surface area contributed by atoms with Crippen LogP contribution in [0.3, 0.4) is 0 Å². The van der Waals surface area contributed by atoms with Crippen molar-refractivity contribution in [2.45, 2.75) is 13.5 Å². The maximum absolute atomic E-state index is 11.4. The molecule has 0 fully saturated rings. The number of amides is 2. The summed E-state index contributed by atoms with van der Waals surface area (Å²) in [5.41, 5.74) is 2.17. The monoisotopic (exact) mass is 266 g/mol. The number of benzene rings is 1. The molecule has 1 rings (SSSR count). The third-order valence-corrected chi connectivity index (χ3v) is 2.46. The second kappa shape index (κ2) is 8.10. The molecule has 0 spiro atoms. The molecule has 0 radical (unpaired) electrons. The summed E-state index contributed by atoms with van der Waals surface area (Å²) < 4.78 is 4.79. The summed E-state index contributed by atoms with van der Waals surface area (Å²) in [7, 11) is 0. The highest BCUT2D eigenvalue weighted by Gasteiger charge is 2.02. The van der Waals surface area contributed by atoms with Crippen LogP contribution in [-0.4, -0.2) is 36.9 Å². The van der Waals surface area contributed by atoms with E-state index in [1.54, 1.807) is 0 Å².